The summed E-state index contributed by atoms with van der Waals surface area (Å²) in [5, 5.41) is 12.4. The van der Waals surface area contributed by atoms with Crippen molar-refractivity contribution in [1.29, 1.82) is 5.26 Å². The van der Waals surface area contributed by atoms with Crippen LogP contribution in [-0.2, 0) is 6.54 Å². The summed E-state index contributed by atoms with van der Waals surface area (Å²) in [7, 11) is 1.64. The maximum absolute atomic E-state index is 11.5. The van der Waals surface area contributed by atoms with Crippen LogP contribution in [0.15, 0.2) is 36.4 Å². The molecular formula is C18H18N2O2. The molecule has 22 heavy (non-hydrogen) atoms. The minimum absolute atomic E-state index is 0.0236. The average molecular weight is 294 g/mol. The van der Waals surface area contributed by atoms with Gasteiger partial charge in [-0.25, -0.2) is 0 Å². The quantitative estimate of drug-likeness (QED) is 0.854. The first kappa shape index (κ1) is 15.6. The number of ketones is 1. The van der Waals surface area contributed by atoms with Gasteiger partial charge in [-0.1, -0.05) is 12.1 Å². The van der Waals surface area contributed by atoms with Crippen molar-refractivity contribution in [2.45, 2.75) is 20.4 Å². The zero-order valence-electron chi connectivity index (χ0n) is 12.9. The Bertz CT molecular complexity index is 745. The predicted octanol–water partition coefficient (Wildman–Crippen LogP) is 3.69. The number of ether oxygens (including phenoxy) is 1. The molecule has 0 saturated carbocycles. The summed E-state index contributed by atoms with van der Waals surface area (Å²) in [4.78, 5) is 11.5. The average Bonchev–Trinajstić information content (AvgIpc) is 2.53. The van der Waals surface area contributed by atoms with E-state index in [2.05, 4.69) is 11.4 Å². The normalized spacial score (nSPS) is 9.91. The van der Waals surface area contributed by atoms with E-state index in [0.717, 1.165) is 16.9 Å². The first-order valence-corrected chi connectivity index (χ1v) is 6.97. The Morgan fingerprint density at radius 1 is 1.27 bits per heavy atom. The van der Waals surface area contributed by atoms with E-state index in [1.807, 2.05) is 25.1 Å². The first-order chi connectivity index (χ1) is 10.5. The van der Waals surface area contributed by atoms with Gasteiger partial charge in [-0.15, -0.1) is 0 Å². The number of hydrogen-bond acceptors (Lipinski definition) is 4. The van der Waals surface area contributed by atoms with Crippen LogP contribution < -0.4 is 10.1 Å². The Labute approximate surface area is 130 Å². The Balaban J connectivity index is 2.22. The van der Waals surface area contributed by atoms with Crippen LogP contribution >= 0.6 is 0 Å². The Hall–Kier alpha value is -2.80. The van der Waals surface area contributed by atoms with Crippen molar-refractivity contribution in [3.05, 3.63) is 58.7 Å². The minimum Gasteiger partial charge on any atom is -0.496 e. The van der Waals surface area contributed by atoms with Gasteiger partial charge in [-0.3, -0.25) is 4.79 Å². The van der Waals surface area contributed by atoms with Gasteiger partial charge in [0.05, 0.1) is 18.4 Å². The molecule has 0 atom stereocenters. The number of rotatable bonds is 5. The molecule has 0 spiro atoms. The van der Waals surface area contributed by atoms with Crippen LogP contribution in [0, 0.1) is 18.3 Å². The predicted molar refractivity (Wildman–Crippen MR) is 86.2 cm³/mol. The number of nitrogens with zero attached hydrogens (tertiary/aromatic N) is 1. The van der Waals surface area contributed by atoms with Crippen molar-refractivity contribution in [1.82, 2.24) is 0 Å². The standard InChI is InChI=1S/C18H18N2O2/c1-12-4-5-14(8-18(12)22-3)11-20-17-9-15(13(2)21)6-7-16(17)10-19/h4-9,20H,11H2,1-3H3. The molecule has 112 valence electrons. The van der Waals surface area contributed by atoms with Crippen LogP contribution in [0.1, 0.15) is 34.0 Å². The van der Waals surface area contributed by atoms with E-state index >= 15 is 0 Å². The number of Topliss-reactive ketones (excluding diaryl/α,β-unsaturated/α-hetero) is 1. The van der Waals surface area contributed by atoms with Gasteiger partial charge in [0.2, 0.25) is 0 Å². The molecule has 2 aromatic carbocycles. The van der Waals surface area contributed by atoms with Gasteiger partial charge in [0.15, 0.2) is 5.78 Å². The highest BCUT2D eigenvalue weighted by atomic mass is 16.5. The van der Waals surface area contributed by atoms with Gasteiger partial charge >= 0.3 is 0 Å². The van der Waals surface area contributed by atoms with Crippen molar-refractivity contribution in [3.63, 3.8) is 0 Å². The van der Waals surface area contributed by atoms with E-state index in [1.54, 1.807) is 25.3 Å². The molecule has 1 N–H and O–H groups in total. The lowest BCUT2D eigenvalue weighted by atomic mass is 10.1. The molecule has 4 nitrogen and oxygen atoms in total. The number of hydrogen-bond donors (Lipinski definition) is 1. The zero-order valence-corrected chi connectivity index (χ0v) is 12.9. The number of anilines is 1. The number of carbonyl (C=O) groups excluding carboxylic acids is 1. The van der Waals surface area contributed by atoms with Gasteiger partial charge in [0.1, 0.15) is 11.8 Å². The fraction of sp³-hybridized carbons (Fsp3) is 0.222. The third-order valence-corrected chi connectivity index (χ3v) is 3.50. The Kier molecular flexibility index (Phi) is 4.80. The van der Waals surface area contributed by atoms with Crippen LogP contribution in [0.3, 0.4) is 0 Å². The molecule has 0 aliphatic carbocycles. The number of carbonyl (C=O) groups is 1. The number of aryl methyl sites for hydroxylation is 1. The van der Waals surface area contributed by atoms with Gasteiger partial charge in [-0.05, 0) is 49.2 Å². The molecule has 4 heteroatoms. The molecule has 0 unspecified atom stereocenters. The maximum atomic E-state index is 11.5. The molecule has 0 amide bonds. The molecule has 2 aromatic rings. The molecule has 0 aliphatic rings. The summed E-state index contributed by atoms with van der Waals surface area (Å²) < 4.78 is 5.31. The highest BCUT2D eigenvalue weighted by Gasteiger charge is 2.07. The largest absolute Gasteiger partial charge is 0.496 e. The number of benzene rings is 2. The summed E-state index contributed by atoms with van der Waals surface area (Å²) in [6.45, 7) is 4.04. The minimum atomic E-state index is -0.0236. The fourth-order valence-corrected chi connectivity index (χ4v) is 2.18. The van der Waals surface area contributed by atoms with Gasteiger partial charge in [0.25, 0.3) is 0 Å². The first-order valence-electron chi connectivity index (χ1n) is 6.97. The lowest BCUT2D eigenvalue weighted by Gasteiger charge is -2.11. The smallest absolute Gasteiger partial charge is 0.159 e. The van der Waals surface area contributed by atoms with Gasteiger partial charge in [0, 0.05) is 12.1 Å². The Morgan fingerprint density at radius 2 is 2.05 bits per heavy atom. The number of nitriles is 1. The molecular weight excluding hydrogens is 276 g/mol. The lowest BCUT2D eigenvalue weighted by molar-refractivity contribution is 0.101. The summed E-state index contributed by atoms with van der Waals surface area (Å²) in [6, 6.07) is 13.1. The molecule has 0 fully saturated rings. The van der Waals surface area contributed by atoms with Gasteiger partial charge in [-0.2, -0.15) is 5.26 Å². The van der Waals surface area contributed by atoms with Crippen LogP contribution in [0.25, 0.3) is 0 Å². The highest BCUT2D eigenvalue weighted by Crippen LogP contribution is 2.22. The molecule has 0 aromatic heterocycles. The van der Waals surface area contributed by atoms with E-state index in [9.17, 15) is 4.79 Å². The van der Waals surface area contributed by atoms with Crippen molar-refractivity contribution in [3.8, 4) is 11.8 Å². The summed E-state index contributed by atoms with van der Waals surface area (Å²) in [6.07, 6.45) is 0. The molecule has 0 saturated heterocycles. The fourth-order valence-electron chi connectivity index (χ4n) is 2.18. The monoisotopic (exact) mass is 294 g/mol. The van der Waals surface area contributed by atoms with Gasteiger partial charge < -0.3 is 10.1 Å². The van der Waals surface area contributed by atoms with Crippen LogP contribution in [0.4, 0.5) is 5.69 Å². The summed E-state index contributed by atoms with van der Waals surface area (Å²) in [5.74, 6) is 0.807. The molecule has 0 radical (unpaired) electrons. The second kappa shape index (κ2) is 6.77. The number of methoxy groups -OCH3 is 1. The third-order valence-electron chi connectivity index (χ3n) is 3.50. The van der Waals surface area contributed by atoms with E-state index in [0.29, 0.717) is 23.4 Å². The van der Waals surface area contributed by atoms with Crippen LogP contribution in [0.2, 0.25) is 0 Å². The molecule has 2 rings (SSSR count). The third kappa shape index (κ3) is 3.44. The topological polar surface area (TPSA) is 62.1 Å². The second-order valence-corrected chi connectivity index (χ2v) is 5.09. The Morgan fingerprint density at radius 3 is 2.68 bits per heavy atom. The summed E-state index contributed by atoms with van der Waals surface area (Å²) >= 11 is 0. The zero-order chi connectivity index (χ0) is 16.1. The van der Waals surface area contributed by atoms with Crippen molar-refractivity contribution in [2.75, 3.05) is 12.4 Å². The molecule has 0 bridgehead atoms. The van der Waals surface area contributed by atoms with E-state index in [4.69, 9.17) is 10.00 Å². The second-order valence-electron chi connectivity index (χ2n) is 5.09. The SMILES string of the molecule is COc1cc(CNc2cc(C(C)=O)ccc2C#N)ccc1C. The summed E-state index contributed by atoms with van der Waals surface area (Å²) in [5.41, 5.74) is 3.88. The molecule has 0 aliphatic heterocycles. The molecule has 0 heterocycles. The van der Waals surface area contributed by atoms with Crippen molar-refractivity contribution in [2.24, 2.45) is 0 Å². The van der Waals surface area contributed by atoms with Crippen molar-refractivity contribution < 1.29 is 9.53 Å². The van der Waals surface area contributed by atoms with Crippen LogP contribution in [-0.4, -0.2) is 12.9 Å². The maximum Gasteiger partial charge on any atom is 0.159 e. The van der Waals surface area contributed by atoms with E-state index in [1.165, 1.54) is 6.92 Å². The number of nitrogens with one attached hydrogen (secondary N) is 1. The lowest BCUT2D eigenvalue weighted by Crippen LogP contribution is -2.04. The highest BCUT2D eigenvalue weighted by molar-refractivity contribution is 5.95. The van der Waals surface area contributed by atoms with E-state index < -0.39 is 0 Å². The van der Waals surface area contributed by atoms with Crippen LogP contribution in [0.5, 0.6) is 5.75 Å². The van der Waals surface area contributed by atoms with Crippen molar-refractivity contribution >= 4 is 11.5 Å². The van der Waals surface area contributed by atoms with E-state index in [-0.39, 0.29) is 5.78 Å².